The van der Waals surface area contributed by atoms with Crippen molar-refractivity contribution in [2.75, 3.05) is 0 Å². The average molecular weight is 289 g/mol. The molecule has 1 aromatic heterocycles. The van der Waals surface area contributed by atoms with E-state index < -0.39 is 5.97 Å². The van der Waals surface area contributed by atoms with Gasteiger partial charge in [0.1, 0.15) is 11.9 Å². The van der Waals surface area contributed by atoms with Gasteiger partial charge in [-0.1, -0.05) is 0 Å². The van der Waals surface area contributed by atoms with Gasteiger partial charge in [0.15, 0.2) is 0 Å². The molecule has 0 amide bonds. The average Bonchev–Trinajstić information content (AvgIpc) is 2.45. The molecule has 0 bridgehead atoms. The van der Waals surface area contributed by atoms with Crippen LogP contribution in [0.4, 0.5) is 0 Å². The standard InChI is InChI=1S/C16H19NO4/c1-10-8-14-12(16(20)17(10)7-6-15(18)19)9-11-4-2-3-5-13(11)21-14/h8-9,13H,2-7H2,1H3,(H,18,19)/t13-/m0/s1. The number of fused-ring (bicyclic) bond motifs is 2. The maximum absolute atomic E-state index is 12.6. The third-order valence-corrected chi connectivity index (χ3v) is 4.25. The molecule has 5 heteroatoms. The number of aliphatic carboxylic acids is 1. The van der Waals surface area contributed by atoms with Crippen LogP contribution in [0.25, 0.3) is 6.08 Å². The molecule has 112 valence electrons. The summed E-state index contributed by atoms with van der Waals surface area (Å²) in [6, 6.07) is 1.85. The fraction of sp³-hybridized carbons (Fsp3) is 0.500. The lowest BCUT2D eigenvalue weighted by molar-refractivity contribution is -0.137. The second-order valence-corrected chi connectivity index (χ2v) is 5.74. The lowest BCUT2D eigenvalue weighted by atomic mass is 9.89. The molecule has 1 aliphatic heterocycles. The van der Waals surface area contributed by atoms with E-state index in [1.165, 1.54) is 10.1 Å². The molecule has 1 N–H and O–H groups in total. The molecule has 1 fully saturated rings. The van der Waals surface area contributed by atoms with Gasteiger partial charge in [-0.2, -0.15) is 0 Å². The summed E-state index contributed by atoms with van der Waals surface area (Å²) in [5.41, 5.74) is 2.36. The molecule has 0 unspecified atom stereocenters. The van der Waals surface area contributed by atoms with Gasteiger partial charge in [-0.3, -0.25) is 9.59 Å². The first-order valence-corrected chi connectivity index (χ1v) is 7.39. The number of carboxylic acids is 1. The van der Waals surface area contributed by atoms with Crippen LogP contribution in [0.5, 0.6) is 5.75 Å². The Kier molecular flexibility index (Phi) is 3.57. The highest BCUT2D eigenvalue weighted by atomic mass is 16.5. The van der Waals surface area contributed by atoms with Crippen molar-refractivity contribution in [2.24, 2.45) is 0 Å². The predicted molar refractivity (Wildman–Crippen MR) is 78.6 cm³/mol. The van der Waals surface area contributed by atoms with Gasteiger partial charge in [0, 0.05) is 18.3 Å². The van der Waals surface area contributed by atoms with E-state index in [1.807, 2.05) is 19.1 Å². The van der Waals surface area contributed by atoms with E-state index >= 15 is 0 Å². The Bertz CT molecular complexity index is 672. The highest BCUT2D eigenvalue weighted by molar-refractivity contribution is 5.66. The lowest BCUT2D eigenvalue weighted by Gasteiger charge is -2.31. The molecule has 3 rings (SSSR count). The monoisotopic (exact) mass is 289 g/mol. The summed E-state index contributed by atoms with van der Waals surface area (Å²) in [5.74, 6) is -0.263. The third-order valence-electron chi connectivity index (χ3n) is 4.25. The van der Waals surface area contributed by atoms with Crippen LogP contribution in [0.2, 0.25) is 0 Å². The summed E-state index contributed by atoms with van der Waals surface area (Å²) in [6.07, 6.45) is 6.30. The van der Waals surface area contributed by atoms with Crippen molar-refractivity contribution in [1.29, 1.82) is 0 Å². The first kappa shape index (κ1) is 13.9. The Labute approximate surface area is 122 Å². The minimum absolute atomic E-state index is 0.0560. The van der Waals surface area contributed by atoms with Crippen LogP contribution in [0.3, 0.4) is 0 Å². The summed E-state index contributed by atoms with van der Waals surface area (Å²) < 4.78 is 7.50. The van der Waals surface area contributed by atoms with Gasteiger partial charge in [0.25, 0.3) is 5.56 Å². The second kappa shape index (κ2) is 5.39. The summed E-state index contributed by atoms with van der Waals surface area (Å²) in [4.78, 5) is 23.3. The molecule has 1 aliphatic carbocycles. The molecule has 0 radical (unpaired) electrons. The number of carboxylic acid groups (broad SMARTS) is 1. The Balaban J connectivity index is 2.01. The molecule has 21 heavy (non-hydrogen) atoms. The molecule has 1 saturated carbocycles. The van der Waals surface area contributed by atoms with Crippen molar-refractivity contribution < 1.29 is 14.6 Å². The van der Waals surface area contributed by atoms with E-state index in [-0.39, 0.29) is 24.6 Å². The summed E-state index contributed by atoms with van der Waals surface area (Å²) in [5, 5.41) is 8.80. The van der Waals surface area contributed by atoms with Crippen molar-refractivity contribution in [3.8, 4) is 5.75 Å². The van der Waals surface area contributed by atoms with E-state index in [9.17, 15) is 9.59 Å². The molecule has 5 nitrogen and oxygen atoms in total. The van der Waals surface area contributed by atoms with Crippen molar-refractivity contribution in [2.45, 2.75) is 51.7 Å². The highest BCUT2D eigenvalue weighted by Gasteiger charge is 2.27. The molecule has 0 saturated heterocycles. The minimum atomic E-state index is -0.902. The summed E-state index contributed by atoms with van der Waals surface area (Å²) in [7, 11) is 0. The summed E-state index contributed by atoms with van der Waals surface area (Å²) in [6.45, 7) is 2.01. The molecule has 1 atom stereocenters. The molecular formula is C16H19NO4. The quantitative estimate of drug-likeness (QED) is 0.927. The van der Waals surface area contributed by atoms with Gasteiger partial charge in [-0.15, -0.1) is 0 Å². The largest absolute Gasteiger partial charge is 0.485 e. The molecule has 2 heterocycles. The SMILES string of the molecule is Cc1cc2c(c(=O)n1CCC(=O)O)C=C1CCCC[C@@H]1O2. The zero-order valence-corrected chi connectivity index (χ0v) is 12.1. The van der Waals surface area contributed by atoms with Crippen LogP contribution >= 0.6 is 0 Å². The molecule has 0 aromatic carbocycles. The number of hydrogen-bond donors (Lipinski definition) is 1. The number of pyridine rings is 1. The van der Waals surface area contributed by atoms with Gasteiger partial charge >= 0.3 is 5.97 Å². The number of carbonyl (C=O) groups is 1. The first-order valence-electron chi connectivity index (χ1n) is 7.39. The van der Waals surface area contributed by atoms with Crippen LogP contribution in [-0.2, 0) is 11.3 Å². The zero-order chi connectivity index (χ0) is 15.0. The molecular weight excluding hydrogens is 270 g/mol. The molecule has 0 spiro atoms. The van der Waals surface area contributed by atoms with E-state index in [2.05, 4.69) is 0 Å². The Morgan fingerprint density at radius 3 is 3.05 bits per heavy atom. The van der Waals surface area contributed by atoms with E-state index in [0.717, 1.165) is 31.4 Å². The maximum Gasteiger partial charge on any atom is 0.305 e. The number of ether oxygens (including phenoxy) is 1. The second-order valence-electron chi connectivity index (χ2n) is 5.74. The van der Waals surface area contributed by atoms with Crippen molar-refractivity contribution in [1.82, 2.24) is 4.57 Å². The Hall–Kier alpha value is -2.04. The van der Waals surface area contributed by atoms with E-state index in [1.54, 1.807) is 0 Å². The highest BCUT2D eigenvalue weighted by Crippen LogP contribution is 2.35. The van der Waals surface area contributed by atoms with Gasteiger partial charge in [-0.25, -0.2) is 0 Å². The van der Waals surface area contributed by atoms with Crippen molar-refractivity contribution in [3.63, 3.8) is 0 Å². The lowest BCUT2D eigenvalue weighted by Crippen LogP contribution is -2.32. The van der Waals surface area contributed by atoms with E-state index in [4.69, 9.17) is 9.84 Å². The zero-order valence-electron chi connectivity index (χ0n) is 12.1. The van der Waals surface area contributed by atoms with Gasteiger partial charge in [0.2, 0.25) is 0 Å². The number of nitrogens with zero attached hydrogens (tertiary/aromatic N) is 1. The van der Waals surface area contributed by atoms with Crippen LogP contribution in [-0.4, -0.2) is 21.7 Å². The minimum Gasteiger partial charge on any atom is -0.485 e. The Morgan fingerprint density at radius 1 is 1.48 bits per heavy atom. The van der Waals surface area contributed by atoms with Crippen LogP contribution in [0.1, 0.15) is 43.4 Å². The fourth-order valence-electron chi connectivity index (χ4n) is 3.12. The number of aromatic nitrogens is 1. The van der Waals surface area contributed by atoms with Crippen LogP contribution < -0.4 is 10.3 Å². The first-order chi connectivity index (χ1) is 10.1. The van der Waals surface area contributed by atoms with Crippen molar-refractivity contribution >= 4 is 12.0 Å². The van der Waals surface area contributed by atoms with Gasteiger partial charge in [0.05, 0.1) is 12.0 Å². The van der Waals surface area contributed by atoms with Crippen LogP contribution in [0, 0.1) is 6.92 Å². The summed E-state index contributed by atoms with van der Waals surface area (Å²) >= 11 is 0. The third kappa shape index (κ3) is 2.60. The fourth-order valence-corrected chi connectivity index (χ4v) is 3.12. The predicted octanol–water partition coefficient (Wildman–Crippen LogP) is 2.35. The smallest absolute Gasteiger partial charge is 0.305 e. The number of rotatable bonds is 3. The van der Waals surface area contributed by atoms with Crippen molar-refractivity contribution in [3.05, 3.63) is 33.3 Å². The van der Waals surface area contributed by atoms with Gasteiger partial charge < -0.3 is 14.4 Å². The molecule has 2 aliphatic rings. The Morgan fingerprint density at radius 2 is 2.29 bits per heavy atom. The van der Waals surface area contributed by atoms with Gasteiger partial charge in [-0.05, 0) is 44.3 Å². The normalized spacial score (nSPS) is 20.0. The van der Waals surface area contributed by atoms with E-state index in [0.29, 0.717) is 11.3 Å². The molecule has 1 aromatic rings. The number of hydrogen-bond acceptors (Lipinski definition) is 3. The number of aryl methyl sites for hydroxylation is 1. The topological polar surface area (TPSA) is 68.5 Å². The maximum atomic E-state index is 12.6. The van der Waals surface area contributed by atoms with Crippen LogP contribution in [0.15, 0.2) is 16.4 Å².